The lowest BCUT2D eigenvalue weighted by atomic mass is 9.70. The van der Waals surface area contributed by atoms with Crippen molar-refractivity contribution in [2.45, 2.75) is 43.4 Å². The van der Waals surface area contributed by atoms with Gasteiger partial charge in [0.1, 0.15) is 17.5 Å². The van der Waals surface area contributed by atoms with Crippen LogP contribution in [0.5, 0.6) is 0 Å². The molecule has 1 saturated heterocycles. The Morgan fingerprint density at radius 2 is 1.79 bits per heavy atom. The molecule has 2 aromatic rings. The van der Waals surface area contributed by atoms with E-state index in [1.54, 1.807) is 24.3 Å². The molecule has 1 N–H and O–H groups in total. The molecular formula is C21H20F2N6. The van der Waals surface area contributed by atoms with Crippen LogP contribution in [0.15, 0.2) is 30.5 Å². The topological polar surface area (TPSA) is 88.6 Å². The van der Waals surface area contributed by atoms with Crippen molar-refractivity contribution >= 4 is 17.5 Å². The fraction of sp³-hybridized carbons (Fsp3) is 0.429. The molecule has 0 amide bonds. The first-order valence-electron chi connectivity index (χ1n) is 9.63. The van der Waals surface area contributed by atoms with Crippen LogP contribution in [0.4, 0.5) is 26.2 Å². The number of anilines is 3. The highest BCUT2D eigenvalue weighted by Gasteiger charge is 2.45. The smallest absolute Gasteiger partial charge is 0.282 e. The summed E-state index contributed by atoms with van der Waals surface area (Å²) < 4.78 is 26.8. The van der Waals surface area contributed by atoms with Gasteiger partial charge in [0, 0.05) is 6.20 Å². The molecule has 2 aliphatic rings. The second kappa shape index (κ2) is 7.29. The Morgan fingerprint density at radius 1 is 1.03 bits per heavy atom. The number of pyridine rings is 2. The Hall–Kier alpha value is -3.26. The molecule has 0 atom stereocenters. The van der Waals surface area contributed by atoms with E-state index >= 15 is 0 Å². The standard InChI is InChI=1S/C21H20F2N6/c22-21(23)13-29(14-21)19-10-16(20(12-25)5-2-1-3-6-20)9-18(28-19)27-17-8-15(11-24)4-7-26-17/h4,7-10H,1-3,5-6,13-14H2,(H,26,27,28). The maximum atomic E-state index is 13.4. The maximum absolute atomic E-state index is 13.4. The summed E-state index contributed by atoms with van der Waals surface area (Å²) in [5.41, 5.74) is 0.600. The van der Waals surface area contributed by atoms with Crippen LogP contribution < -0.4 is 10.2 Å². The van der Waals surface area contributed by atoms with Gasteiger partial charge in [0.15, 0.2) is 0 Å². The van der Waals surface area contributed by atoms with E-state index in [4.69, 9.17) is 5.26 Å². The van der Waals surface area contributed by atoms with Gasteiger partial charge in [0.05, 0.1) is 36.2 Å². The molecule has 0 aromatic carbocycles. The van der Waals surface area contributed by atoms with Crippen LogP contribution >= 0.6 is 0 Å². The summed E-state index contributed by atoms with van der Waals surface area (Å²) in [5.74, 6) is -1.43. The summed E-state index contributed by atoms with van der Waals surface area (Å²) in [4.78, 5) is 10.2. The molecule has 1 aliphatic carbocycles. The van der Waals surface area contributed by atoms with Gasteiger partial charge in [0.2, 0.25) is 0 Å². The van der Waals surface area contributed by atoms with E-state index in [-0.39, 0.29) is 13.1 Å². The van der Waals surface area contributed by atoms with Crippen LogP contribution in [0.1, 0.15) is 43.2 Å². The number of hydrogen-bond acceptors (Lipinski definition) is 6. The van der Waals surface area contributed by atoms with E-state index in [0.29, 0.717) is 23.0 Å². The predicted octanol–water partition coefficient (Wildman–Crippen LogP) is 4.27. The summed E-state index contributed by atoms with van der Waals surface area (Å²) in [5, 5.41) is 22.1. The zero-order chi connectivity index (χ0) is 20.5. The van der Waals surface area contributed by atoms with Gasteiger partial charge in [-0.25, -0.2) is 18.7 Å². The number of nitrogens with one attached hydrogen (secondary N) is 1. The minimum Gasteiger partial charge on any atom is -0.344 e. The van der Waals surface area contributed by atoms with Crippen molar-refractivity contribution < 1.29 is 8.78 Å². The average Bonchev–Trinajstić information content (AvgIpc) is 2.72. The highest BCUT2D eigenvalue weighted by Crippen LogP contribution is 2.42. The van der Waals surface area contributed by atoms with Gasteiger partial charge in [-0.1, -0.05) is 19.3 Å². The Balaban J connectivity index is 1.72. The molecule has 148 valence electrons. The van der Waals surface area contributed by atoms with Crippen molar-refractivity contribution in [1.29, 1.82) is 10.5 Å². The maximum Gasteiger partial charge on any atom is 0.282 e. The van der Waals surface area contributed by atoms with E-state index in [9.17, 15) is 14.0 Å². The molecule has 0 radical (unpaired) electrons. The molecule has 4 rings (SSSR count). The number of alkyl halides is 2. The number of nitrogens with zero attached hydrogens (tertiary/aromatic N) is 5. The van der Waals surface area contributed by atoms with Gasteiger partial charge >= 0.3 is 0 Å². The van der Waals surface area contributed by atoms with Crippen molar-refractivity contribution in [2.75, 3.05) is 23.3 Å². The Morgan fingerprint density at radius 3 is 2.45 bits per heavy atom. The predicted molar refractivity (Wildman–Crippen MR) is 104 cm³/mol. The molecule has 1 aliphatic heterocycles. The highest BCUT2D eigenvalue weighted by molar-refractivity contribution is 5.61. The zero-order valence-corrected chi connectivity index (χ0v) is 15.8. The van der Waals surface area contributed by atoms with Crippen LogP contribution in [-0.4, -0.2) is 29.0 Å². The molecule has 0 bridgehead atoms. The number of nitriles is 2. The molecule has 2 fully saturated rings. The van der Waals surface area contributed by atoms with Crippen molar-refractivity contribution in [2.24, 2.45) is 0 Å². The van der Waals surface area contributed by atoms with E-state index in [1.807, 2.05) is 0 Å². The lowest BCUT2D eigenvalue weighted by molar-refractivity contribution is -0.0267. The molecule has 0 spiro atoms. The number of hydrogen-bond donors (Lipinski definition) is 1. The normalized spacial score (nSPS) is 19.5. The highest BCUT2D eigenvalue weighted by atomic mass is 19.3. The van der Waals surface area contributed by atoms with Crippen molar-refractivity contribution in [3.63, 3.8) is 0 Å². The summed E-state index contributed by atoms with van der Waals surface area (Å²) in [6, 6.07) is 11.3. The molecule has 2 aromatic heterocycles. The molecule has 8 heteroatoms. The van der Waals surface area contributed by atoms with Gasteiger partial charge in [0.25, 0.3) is 5.92 Å². The minimum atomic E-state index is -2.72. The molecular weight excluding hydrogens is 374 g/mol. The van der Waals surface area contributed by atoms with Gasteiger partial charge in [-0.15, -0.1) is 0 Å². The van der Waals surface area contributed by atoms with E-state index < -0.39 is 11.3 Å². The zero-order valence-electron chi connectivity index (χ0n) is 15.8. The first-order chi connectivity index (χ1) is 13.9. The van der Waals surface area contributed by atoms with Gasteiger partial charge < -0.3 is 10.2 Å². The lowest BCUT2D eigenvalue weighted by Crippen LogP contribution is -2.56. The van der Waals surface area contributed by atoms with E-state index in [0.717, 1.165) is 37.7 Å². The lowest BCUT2D eigenvalue weighted by Gasteiger charge is -2.40. The van der Waals surface area contributed by atoms with Crippen LogP contribution in [0.2, 0.25) is 0 Å². The largest absolute Gasteiger partial charge is 0.344 e. The first-order valence-corrected chi connectivity index (χ1v) is 9.63. The summed E-state index contributed by atoms with van der Waals surface area (Å²) in [6.45, 7) is -0.769. The third kappa shape index (κ3) is 3.84. The van der Waals surface area contributed by atoms with E-state index in [2.05, 4.69) is 27.4 Å². The van der Waals surface area contributed by atoms with Gasteiger partial charge in [-0.3, -0.25) is 0 Å². The Kier molecular flexibility index (Phi) is 4.79. The number of halogens is 2. The molecule has 6 nitrogen and oxygen atoms in total. The van der Waals surface area contributed by atoms with Crippen molar-refractivity contribution in [3.05, 3.63) is 41.6 Å². The number of aromatic nitrogens is 2. The monoisotopic (exact) mass is 394 g/mol. The second-order valence-electron chi connectivity index (χ2n) is 7.73. The summed E-state index contributed by atoms with van der Waals surface area (Å²) in [7, 11) is 0. The third-order valence-electron chi connectivity index (χ3n) is 5.60. The molecule has 3 heterocycles. The fourth-order valence-electron chi connectivity index (χ4n) is 4.01. The number of rotatable bonds is 4. The fourth-order valence-corrected chi connectivity index (χ4v) is 4.01. The third-order valence-corrected chi connectivity index (χ3v) is 5.60. The first kappa shape index (κ1) is 19.1. The average molecular weight is 394 g/mol. The molecule has 0 unspecified atom stereocenters. The quantitative estimate of drug-likeness (QED) is 0.833. The van der Waals surface area contributed by atoms with Crippen molar-refractivity contribution in [3.8, 4) is 12.1 Å². The Bertz CT molecular complexity index is 993. The minimum absolute atomic E-state index is 0.384. The van der Waals surface area contributed by atoms with Gasteiger partial charge in [-0.2, -0.15) is 10.5 Å². The summed E-state index contributed by atoms with van der Waals surface area (Å²) in [6.07, 6.45) is 6.01. The SMILES string of the molecule is N#Cc1ccnc(Nc2cc(C3(C#N)CCCCC3)cc(N3CC(F)(F)C3)n2)c1. The van der Waals surface area contributed by atoms with Crippen molar-refractivity contribution in [1.82, 2.24) is 9.97 Å². The van der Waals surface area contributed by atoms with Gasteiger partial charge in [-0.05, 0) is 42.7 Å². The second-order valence-corrected chi connectivity index (χ2v) is 7.73. The Labute approximate surface area is 167 Å². The van der Waals surface area contributed by atoms with Crippen LogP contribution in [-0.2, 0) is 5.41 Å². The van der Waals surface area contributed by atoms with E-state index in [1.165, 1.54) is 11.1 Å². The summed E-state index contributed by atoms with van der Waals surface area (Å²) >= 11 is 0. The van der Waals surface area contributed by atoms with Crippen LogP contribution in [0.3, 0.4) is 0 Å². The van der Waals surface area contributed by atoms with Crippen LogP contribution in [0, 0.1) is 22.7 Å². The van der Waals surface area contributed by atoms with Crippen LogP contribution in [0.25, 0.3) is 0 Å². The molecule has 1 saturated carbocycles. The molecule has 29 heavy (non-hydrogen) atoms.